The molecule has 1 heterocycles. The lowest BCUT2D eigenvalue weighted by Gasteiger charge is -2.35. The first-order valence-corrected chi connectivity index (χ1v) is 10.3. The van der Waals surface area contributed by atoms with Gasteiger partial charge in [0.15, 0.2) is 6.10 Å². The second-order valence-electron chi connectivity index (χ2n) is 6.41. The van der Waals surface area contributed by atoms with E-state index in [-0.39, 0.29) is 12.5 Å². The van der Waals surface area contributed by atoms with Gasteiger partial charge in [0.25, 0.3) is 5.91 Å². The summed E-state index contributed by atoms with van der Waals surface area (Å²) in [5.74, 6) is 0.836. The quantitative estimate of drug-likeness (QED) is 0.779. The minimum atomic E-state index is -3.53. The van der Waals surface area contributed by atoms with E-state index in [0.29, 0.717) is 18.0 Å². The Hall–Kier alpha value is -2.74. The van der Waals surface area contributed by atoms with Crippen molar-refractivity contribution >= 4 is 21.6 Å². The molecule has 0 aliphatic carbocycles. The molecule has 0 fully saturated rings. The molecular formula is C19H22N2O5S. The number of carbonyl (C=O) groups excluding carboxylic acids is 1. The van der Waals surface area contributed by atoms with Crippen molar-refractivity contribution in [2.75, 3.05) is 31.3 Å². The first kappa shape index (κ1) is 19.0. The molecule has 0 aromatic heterocycles. The van der Waals surface area contributed by atoms with Crippen molar-refractivity contribution < 1.29 is 22.7 Å². The molecule has 2 aromatic rings. The average Bonchev–Trinajstić information content (AvgIpc) is 2.66. The molecule has 0 saturated heterocycles. The van der Waals surface area contributed by atoms with Crippen molar-refractivity contribution in [3.8, 4) is 11.5 Å². The van der Waals surface area contributed by atoms with Crippen LogP contribution in [0.2, 0.25) is 0 Å². The van der Waals surface area contributed by atoms with E-state index in [1.165, 1.54) is 9.21 Å². The number of methoxy groups -OCH3 is 1. The fraction of sp³-hybridized carbons (Fsp3) is 0.316. The van der Waals surface area contributed by atoms with Crippen molar-refractivity contribution in [2.24, 2.45) is 0 Å². The number of rotatable bonds is 5. The lowest BCUT2D eigenvalue weighted by atomic mass is 10.1. The van der Waals surface area contributed by atoms with Crippen LogP contribution in [-0.2, 0) is 21.4 Å². The number of fused-ring (bicyclic) bond motifs is 1. The summed E-state index contributed by atoms with van der Waals surface area (Å²) in [5, 5.41) is 0. The van der Waals surface area contributed by atoms with Crippen LogP contribution in [0.3, 0.4) is 0 Å². The molecule has 1 atom stereocenters. The number of para-hydroxylation sites is 2. The van der Waals surface area contributed by atoms with Crippen molar-refractivity contribution in [1.29, 1.82) is 0 Å². The molecule has 2 aromatic carbocycles. The van der Waals surface area contributed by atoms with E-state index in [0.717, 1.165) is 17.6 Å². The molecule has 7 nitrogen and oxygen atoms in total. The Kier molecular flexibility index (Phi) is 5.27. The largest absolute Gasteiger partial charge is 0.497 e. The number of sulfonamides is 1. The molecule has 0 spiro atoms. The molecule has 0 unspecified atom stereocenters. The number of hydrogen-bond acceptors (Lipinski definition) is 5. The maximum Gasteiger partial charge on any atom is 0.265 e. The molecule has 0 bridgehead atoms. The van der Waals surface area contributed by atoms with E-state index in [1.54, 1.807) is 38.4 Å². The Morgan fingerprint density at radius 1 is 1.22 bits per heavy atom. The Bertz CT molecular complexity index is 927. The molecule has 1 aliphatic heterocycles. The predicted molar refractivity (Wildman–Crippen MR) is 103 cm³/mol. The van der Waals surface area contributed by atoms with Crippen LogP contribution in [0.15, 0.2) is 48.5 Å². The highest BCUT2D eigenvalue weighted by Crippen LogP contribution is 2.34. The maximum absolute atomic E-state index is 12.9. The summed E-state index contributed by atoms with van der Waals surface area (Å²) in [6.07, 6.45) is 0.218. The van der Waals surface area contributed by atoms with Gasteiger partial charge in [0, 0.05) is 13.6 Å². The van der Waals surface area contributed by atoms with E-state index in [4.69, 9.17) is 9.47 Å². The highest BCUT2D eigenvalue weighted by Gasteiger charge is 2.36. The number of amides is 1. The van der Waals surface area contributed by atoms with Gasteiger partial charge in [-0.05, 0) is 29.8 Å². The van der Waals surface area contributed by atoms with Gasteiger partial charge in [0.1, 0.15) is 11.5 Å². The standard InChI is InChI=1S/C19H22N2O5S/c1-20(12-14-8-10-15(25-2)11-9-14)19(22)18-13-21(27(3,23)24)16-6-4-5-7-17(16)26-18/h4-11,18H,12-13H2,1-3H3/t18-/m1/s1. The van der Waals surface area contributed by atoms with Crippen LogP contribution >= 0.6 is 0 Å². The molecule has 144 valence electrons. The summed E-state index contributed by atoms with van der Waals surface area (Å²) in [6.45, 7) is 0.324. The van der Waals surface area contributed by atoms with E-state index in [2.05, 4.69) is 0 Å². The normalized spacial score (nSPS) is 16.3. The average molecular weight is 390 g/mol. The summed E-state index contributed by atoms with van der Waals surface area (Å²) in [7, 11) is -0.268. The third kappa shape index (κ3) is 4.16. The van der Waals surface area contributed by atoms with Crippen molar-refractivity contribution in [3.63, 3.8) is 0 Å². The topological polar surface area (TPSA) is 76.2 Å². The number of anilines is 1. The molecule has 0 radical (unpaired) electrons. The van der Waals surface area contributed by atoms with Crippen molar-refractivity contribution in [3.05, 3.63) is 54.1 Å². The SMILES string of the molecule is COc1ccc(CN(C)C(=O)[C@H]2CN(S(C)(=O)=O)c3ccccc3O2)cc1. The first-order chi connectivity index (χ1) is 12.8. The van der Waals surface area contributed by atoms with Gasteiger partial charge in [-0.15, -0.1) is 0 Å². The number of ether oxygens (including phenoxy) is 2. The molecule has 0 N–H and O–H groups in total. The highest BCUT2D eigenvalue weighted by atomic mass is 32.2. The van der Waals surface area contributed by atoms with Gasteiger partial charge in [-0.1, -0.05) is 24.3 Å². The Labute approximate surface area is 159 Å². The zero-order valence-corrected chi connectivity index (χ0v) is 16.3. The van der Waals surface area contributed by atoms with E-state index < -0.39 is 16.1 Å². The summed E-state index contributed by atoms with van der Waals surface area (Å²) in [6, 6.07) is 14.2. The molecular weight excluding hydrogens is 368 g/mol. The molecule has 27 heavy (non-hydrogen) atoms. The Morgan fingerprint density at radius 3 is 2.52 bits per heavy atom. The number of carbonyl (C=O) groups is 1. The summed E-state index contributed by atoms with van der Waals surface area (Å²) in [4.78, 5) is 14.4. The second kappa shape index (κ2) is 7.48. The van der Waals surface area contributed by atoms with Crippen LogP contribution in [0.5, 0.6) is 11.5 Å². The van der Waals surface area contributed by atoms with Gasteiger partial charge in [-0.2, -0.15) is 0 Å². The monoisotopic (exact) mass is 390 g/mol. The number of benzene rings is 2. The van der Waals surface area contributed by atoms with Crippen LogP contribution in [0.25, 0.3) is 0 Å². The first-order valence-electron chi connectivity index (χ1n) is 8.41. The number of hydrogen-bond donors (Lipinski definition) is 0. The van der Waals surface area contributed by atoms with Crippen molar-refractivity contribution in [1.82, 2.24) is 4.90 Å². The minimum Gasteiger partial charge on any atom is -0.497 e. The van der Waals surface area contributed by atoms with Gasteiger partial charge in [-0.3, -0.25) is 9.10 Å². The van der Waals surface area contributed by atoms with E-state index in [1.807, 2.05) is 24.3 Å². The summed E-state index contributed by atoms with van der Waals surface area (Å²) >= 11 is 0. The van der Waals surface area contributed by atoms with Crippen LogP contribution in [-0.4, -0.2) is 52.3 Å². The fourth-order valence-corrected chi connectivity index (χ4v) is 3.89. The third-order valence-corrected chi connectivity index (χ3v) is 5.51. The molecule has 8 heteroatoms. The fourth-order valence-electron chi connectivity index (χ4n) is 2.97. The van der Waals surface area contributed by atoms with Crippen molar-refractivity contribution in [2.45, 2.75) is 12.6 Å². The lowest BCUT2D eigenvalue weighted by Crippen LogP contribution is -2.50. The molecule has 1 amide bonds. The Balaban J connectivity index is 1.78. The van der Waals surface area contributed by atoms with Crippen LogP contribution < -0.4 is 13.8 Å². The van der Waals surface area contributed by atoms with Gasteiger partial charge in [-0.25, -0.2) is 8.42 Å². The third-order valence-electron chi connectivity index (χ3n) is 4.37. The van der Waals surface area contributed by atoms with Gasteiger partial charge < -0.3 is 14.4 Å². The van der Waals surface area contributed by atoms with Gasteiger partial charge >= 0.3 is 0 Å². The Morgan fingerprint density at radius 2 is 1.89 bits per heavy atom. The number of nitrogens with zero attached hydrogens (tertiary/aromatic N) is 2. The molecule has 0 saturated carbocycles. The predicted octanol–water partition coefficient (Wildman–Crippen LogP) is 1.88. The number of likely N-dealkylation sites (N-methyl/N-ethyl adjacent to an activating group) is 1. The van der Waals surface area contributed by atoms with Gasteiger partial charge in [0.2, 0.25) is 10.0 Å². The van der Waals surface area contributed by atoms with Crippen LogP contribution in [0, 0.1) is 0 Å². The molecule has 3 rings (SSSR count). The smallest absolute Gasteiger partial charge is 0.265 e. The van der Waals surface area contributed by atoms with Gasteiger partial charge in [0.05, 0.1) is 25.6 Å². The maximum atomic E-state index is 12.9. The van der Waals surface area contributed by atoms with E-state index >= 15 is 0 Å². The summed E-state index contributed by atoms with van der Waals surface area (Å²) in [5.41, 5.74) is 1.38. The minimum absolute atomic E-state index is 0.0539. The van der Waals surface area contributed by atoms with Crippen LogP contribution in [0.1, 0.15) is 5.56 Å². The highest BCUT2D eigenvalue weighted by molar-refractivity contribution is 7.92. The lowest BCUT2D eigenvalue weighted by molar-refractivity contribution is -0.137. The molecule has 1 aliphatic rings. The zero-order valence-electron chi connectivity index (χ0n) is 15.5. The summed E-state index contributed by atoms with van der Waals surface area (Å²) < 4.78 is 36.5. The second-order valence-corrected chi connectivity index (χ2v) is 8.32. The van der Waals surface area contributed by atoms with Crippen LogP contribution in [0.4, 0.5) is 5.69 Å². The zero-order chi connectivity index (χ0) is 19.6. The van der Waals surface area contributed by atoms with E-state index in [9.17, 15) is 13.2 Å².